The van der Waals surface area contributed by atoms with Crippen molar-refractivity contribution in [1.82, 2.24) is 10.6 Å². The van der Waals surface area contributed by atoms with E-state index in [1.807, 2.05) is 0 Å². The van der Waals surface area contributed by atoms with E-state index >= 15 is 0 Å². The van der Waals surface area contributed by atoms with E-state index in [9.17, 15) is 4.79 Å². The van der Waals surface area contributed by atoms with Crippen LogP contribution in [0.1, 0.15) is 110 Å². The Morgan fingerprint density at radius 2 is 1.52 bits per heavy atom. The van der Waals surface area contributed by atoms with Gasteiger partial charge < -0.3 is 10.6 Å². The molecular formula is C24H44N2O. The van der Waals surface area contributed by atoms with Crippen molar-refractivity contribution in [3.05, 3.63) is 0 Å². The lowest BCUT2D eigenvalue weighted by atomic mass is 9.67. The SMILES string of the molecule is CC(C)C[C@H]1CC[C@H](NC(=O)C2NCCCC23CCCCCCCC3)CC1. The van der Waals surface area contributed by atoms with Gasteiger partial charge in [0.05, 0.1) is 6.04 Å². The van der Waals surface area contributed by atoms with E-state index in [2.05, 4.69) is 24.5 Å². The van der Waals surface area contributed by atoms with E-state index in [1.165, 1.54) is 96.3 Å². The fraction of sp³-hybridized carbons (Fsp3) is 0.958. The zero-order chi connectivity index (χ0) is 19.1. The van der Waals surface area contributed by atoms with Gasteiger partial charge in [-0.05, 0) is 81.6 Å². The summed E-state index contributed by atoms with van der Waals surface area (Å²) in [5.74, 6) is 2.00. The maximum Gasteiger partial charge on any atom is 0.237 e. The average Bonchev–Trinajstić information content (AvgIpc) is 2.76. The largest absolute Gasteiger partial charge is 0.352 e. The van der Waals surface area contributed by atoms with Crippen molar-refractivity contribution in [2.45, 2.75) is 122 Å². The molecule has 2 aliphatic carbocycles. The highest BCUT2D eigenvalue weighted by Crippen LogP contribution is 2.43. The summed E-state index contributed by atoms with van der Waals surface area (Å²) in [7, 11) is 0. The van der Waals surface area contributed by atoms with Gasteiger partial charge >= 0.3 is 0 Å². The lowest BCUT2D eigenvalue weighted by Gasteiger charge is -2.45. The third-order valence-electron chi connectivity index (χ3n) is 7.67. The molecule has 156 valence electrons. The Bertz CT molecular complexity index is 443. The highest BCUT2D eigenvalue weighted by Gasteiger charge is 2.44. The molecule has 2 N–H and O–H groups in total. The van der Waals surface area contributed by atoms with Crippen molar-refractivity contribution in [1.29, 1.82) is 0 Å². The van der Waals surface area contributed by atoms with Gasteiger partial charge in [-0.1, -0.05) is 52.4 Å². The van der Waals surface area contributed by atoms with Crippen molar-refractivity contribution in [2.24, 2.45) is 17.3 Å². The van der Waals surface area contributed by atoms with Gasteiger partial charge in [0.25, 0.3) is 0 Å². The Kier molecular flexibility index (Phi) is 8.05. The number of rotatable bonds is 4. The molecule has 3 nitrogen and oxygen atoms in total. The summed E-state index contributed by atoms with van der Waals surface area (Å²) in [5, 5.41) is 7.14. The second-order valence-corrected chi connectivity index (χ2v) is 10.3. The summed E-state index contributed by atoms with van der Waals surface area (Å²) in [6.07, 6.45) is 19.4. The monoisotopic (exact) mass is 376 g/mol. The molecule has 1 amide bonds. The molecule has 0 bridgehead atoms. The van der Waals surface area contributed by atoms with Gasteiger partial charge in [0, 0.05) is 6.04 Å². The maximum atomic E-state index is 13.3. The van der Waals surface area contributed by atoms with Crippen LogP contribution in [0.3, 0.4) is 0 Å². The van der Waals surface area contributed by atoms with Crippen molar-refractivity contribution in [3.63, 3.8) is 0 Å². The Hall–Kier alpha value is -0.570. The van der Waals surface area contributed by atoms with E-state index in [1.54, 1.807) is 0 Å². The molecule has 1 spiro atoms. The van der Waals surface area contributed by atoms with Gasteiger partial charge in [0.15, 0.2) is 0 Å². The van der Waals surface area contributed by atoms with Gasteiger partial charge in [-0.3, -0.25) is 4.79 Å². The van der Waals surface area contributed by atoms with Crippen LogP contribution in [0.5, 0.6) is 0 Å². The van der Waals surface area contributed by atoms with Crippen molar-refractivity contribution in [2.75, 3.05) is 6.54 Å². The smallest absolute Gasteiger partial charge is 0.237 e. The third-order valence-corrected chi connectivity index (χ3v) is 7.67. The van der Waals surface area contributed by atoms with Crippen LogP contribution in [0.25, 0.3) is 0 Å². The first-order valence-corrected chi connectivity index (χ1v) is 12.1. The number of amides is 1. The number of piperidine rings is 1. The molecule has 2 saturated carbocycles. The minimum absolute atomic E-state index is 0.0535. The zero-order valence-electron chi connectivity index (χ0n) is 18.0. The number of hydrogen-bond acceptors (Lipinski definition) is 2. The molecule has 3 fully saturated rings. The van der Waals surface area contributed by atoms with Crippen molar-refractivity contribution >= 4 is 5.91 Å². The van der Waals surface area contributed by atoms with Crippen molar-refractivity contribution < 1.29 is 4.79 Å². The topological polar surface area (TPSA) is 41.1 Å². The summed E-state index contributed by atoms with van der Waals surface area (Å²) < 4.78 is 0. The Balaban J connectivity index is 1.57. The molecule has 1 aliphatic heterocycles. The van der Waals surface area contributed by atoms with Gasteiger partial charge in [-0.25, -0.2) is 0 Å². The average molecular weight is 377 g/mol. The van der Waals surface area contributed by atoms with E-state index in [0.29, 0.717) is 11.9 Å². The summed E-state index contributed by atoms with van der Waals surface area (Å²) in [6.45, 7) is 5.68. The summed E-state index contributed by atoms with van der Waals surface area (Å²) in [5.41, 5.74) is 0.224. The van der Waals surface area contributed by atoms with Gasteiger partial charge in [-0.15, -0.1) is 0 Å². The minimum atomic E-state index is 0.0535. The van der Waals surface area contributed by atoms with Crippen LogP contribution in [-0.4, -0.2) is 24.5 Å². The lowest BCUT2D eigenvalue weighted by molar-refractivity contribution is -0.129. The molecule has 1 saturated heterocycles. The first kappa shape index (κ1) is 21.1. The predicted molar refractivity (Wildman–Crippen MR) is 114 cm³/mol. The molecule has 1 heterocycles. The van der Waals surface area contributed by atoms with E-state index < -0.39 is 0 Å². The number of hydrogen-bond donors (Lipinski definition) is 2. The Labute approximate surface area is 167 Å². The standard InChI is InChI=1S/C24H44N2O/c1-19(2)18-20-10-12-21(13-11-20)26-23(27)22-24(16-9-17-25-22)14-7-5-3-4-6-8-15-24/h19-22,25H,3-18H2,1-2H3,(H,26,27)/t20-,21-,22?. The molecule has 1 unspecified atom stereocenters. The van der Waals surface area contributed by atoms with Crippen LogP contribution in [0.2, 0.25) is 0 Å². The first-order valence-electron chi connectivity index (χ1n) is 12.1. The number of carbonyl (C=O) groups excluding carboxylic acids is 1. The fourth-order valence-corrected chi connectivity index (χ4v) is 6.24. The summed E-state index contributed by atoms with van der Waals surface area (Å²) in [4.78, 5) is 13.3. The van der Waals surface area contributed by atoms with Crippen LogP contribution >= 0.6 is 0 Å². The van der Waals surface area contributed by atoms with Crippen LogP contribution in [0.4, 0.5) is 0 Å². The van der Waals surface area contributed by atoms with E-state index in [4.69, 9.17) is 0 Å². The quantitative estimate of drug-likeness (QED) is 0.672. The van der Waals surface area contributed by atoms with Crippen LogP contribution in [0, 0.1) is 17.3 Å². The molecule has 0 aromatic rings. The zero-order valence-corrected chi connectivity index (χ0v) is 18.0. The number of nitrogens with one attached hydrogen (secondary N) is 2. The summed E-state index contributed by atoms with van der Waals surface area (Å²) >= 11 is 0. The Morgan fingerprint density at radius 3 is 2.15 bits per heavy atom. The minimum Gasteiger partial charge on any atom is -0.352 e. The molecule has 27 heavy (non-hydrogen) atoms. The molecule has 3 rings (SSSR count). The molecule has 3 aliphatic rings. The van der Waals surface area contributed by atoms with Gasteiger partial charge in [0.2, 0.25) is 5.91 Å². The highest BCUT2D eigenvalue weighted by atomic mass is 16.2. The highest BCUT2D eigenvalue weighted by molar-refractivity contribution is 5.83. The van der Waals surface area contributed by atoms with Crippen LogP contribution in [-0.2, 0) is 4.79 Å². The third kappa shape index (κ3) is 5.95. The van der Waals surface area contributed by atoms with Gasteiger partial charge in [0.1, 0.15) is 0 Å². The van der Waals surface area contributed by atoms with Gasteiger partial charge in [-0.2, -0.15) is 0 Å². The van der Waals surface area contributed by atoms with Crippen LogP contribution < -0.4 is 10.6 Å². The van der Waals surface area contributed by atoms with E-state index in [-0.39, 0.29) is 11.5 Å². The first-order chi connectivity index (χ1) is 13.1. The second kappa shape index (κ2) is 10.3. The predicted octanol–water partition coefficient (Wildman–Crippen LogP) is 5.58. The maximum absolute atomic E-state index is 13.3. The molecule has 0 aromatic heterocycles. The van der Waals surface area contributed by atoms with Crippen LogP contribution in [0.15, 0.2) is 0 Å². The molecule has 3 heteroatoms. The molecular weight excluding hydrogens is 332 g/mol. The molecule has 0 aromatic carbocycles. The second-order valence-electron chi connectivity index (χ2n) is 10.3. The molecule has 1 atom stereocenters. The van der Waals surface area contributed by atoms with E-state index in [0.717, 1.165) is 18.4 Å². The summed E-state index contributed by atoms with van der Waals surface area (Å²) in [6, 6.07) is 0.468. The van der Waals surface area contributed by atoms with Crippen molar-refractivity contribution in [3.8, 4) is 0 Å². The Morgan fingerprint density at radius 1 is 0.926 bits per heavy atom. The lowest BCUT2D eigenvalue weighted by Crippen LogP contribution is -2.59. The number of carbonyl (C=O) groups is 1. The normalized spacial score (nSPS) is 32.5. The molecule has 0 radical (unpaired) electrons. The fourth-order valence-electron chi connectivity index (χ4n) is 6.24.